The summed E-state index contributed by atoms with van der Waals surface area (Å²) in [6.45, 7) is 6.25. The summed E-state index contributed by atoms with van der Waals surface area (Å²) in [5, 5.41) is 13.3. The molecule has 0 fully saturated rings. The Balaban J connectivity index is 1.74. The van der Waals surface area contributed by atoms with Gasteiger partial charge in [0.2, 0.25) is 5.91 Å². The third kappa shape index (κ3) is 3.72. The molecule has 0 saturated heterocycles. The Bertz CT molecular complexity index is 984. The first-order valence-corrected chi connectivity index (χ1v) is 9.03. The average molecular weight is 364 g/mol. The fourth-order valence-corrected chi connectivity index (χ4v) is 3.20. The Morgan fingerprint density at radius 1 is 1.07 bits per heavy atom. The summed E-state index contributed by atoms with van der Waals surface area (Å²) in [6, 6.07) is 15.0. The normalized spacial score (nSPS) is 11.5. The number of nitrogens with zero attached hydrogens (tertiary/aromatic N) is 1. The number of aromatic nitrogens is 1. The first kappa shape index (κ1) is 18.7. The van der Waals surface area contributed by atoms with Crippen molar-refractivity contribution in [2.45, 2.75) is 39.2 Å². The molecule has 1 aromatic heterocycles. The molecule has 3 rings (SSSR count). The smallest absolute Gasteiger partial charge is 0.313 e. The summed E-state index contributed by atoms with van der Waals surface area (Å²) >= 11 is 0. The second-order valence-corrected chi connectivity index (χ2v) is 7.19. The van der Waals surface area contributed by atoms with Gasteiger partial charge in [0.15, 0.2) is 0 Å². The van der Waals surface area contributed by atoms with Crippen LogP contribution >= 0.6 is 0 Å². The van der Waals surface area contributed by atoms with Gasteiger partial charge in [-0.15, -0.1) is 0 Å². The van der Waals surface area contributed by atoms with Gasteiger partial charge in [-0.1, -0.05) is 30.3 Å². The molecule has 0 unspecified atom stereocenters. The Hall–Kier alpha value is -3.08. The van der Waals surface area contributed by atoms with E-state index in [9.17, 15) is 14.7 Å². The van der Waals surface area contributed by atoms with Crippen LogP contribution in [-0.4, -0.2) is 21.6 Å². The molecule has 0 aliphatic rings. The second-order valence-electron chi connectivity index (χ2n) is 7.19. The van der Waals surface area contributed by atoms with E-state index in [-0.39, 0.29) is 12.3 Å². The van der Waals surface area contributed by atoms with Crippen molar-refractivity contribution in [1.29, 1.82) is 0 Å². The number of hydrogen-bond donors (Lipinski definition) is 2. The van der Waals surface area contributed by atoms with E-state index in [0.29, 0.717) is 11.3 Å². The molecule has 5 heteroatoms. The topological polar surface area (TPSA) is 71.3 Å². The van der Waals surface area contributed by atoms with E-state index in [1.54, 1.807) is 38.1 Å². The van der Waals surface area contributed by atoms with Crippen LogP contribution in [0.15, 0.2) is 54.7 Å². The van der Waals surface area contributed by atoms with Crippen molar-refractivity contribution in [3.8, 4) is 0 Å². The lowest BCUT2D eigenvalue weighted by Gasteiger charge is -2.19. The number of carboxylic acids is 1. The number of anilines is 1. The number of fused-ring (bicyclic) bond motifs is 1. The summed E-state index contributed by atoms with van der Waals surface area (Å²) in [5.41, 5.74) is 2.50. The third-order valence-corrected chi connectivity index (χ3v) is 4.99. The minimum absolute atomic E-state index is 0.0979. The van der Waals surface area contributed by atoms with Crippen molar-refractivity contribution in [2.24, 2.45) is 0 Å². The Morgan fingerprint density at radius 2 is 1.74 bits per heavy atom. The zero-order chi connectivity index (χ0) is 19.6. The van der Waals surface area contributed by atoms with Gasteiger partial charge in [0.25, 0.3) is 0 Å². The highest BCUT2D eigenvalue weighted by Gasteiger charge is 2.29. The maximum absolute atomic E-state index is 12.5. The molecule has 2 N–H and O–H groups in total. The lowest BCUT2D eigenvalue weighted by atomic mass is 9.85. The summed E-state index contributed by atoms with van der Waals surface area (Å²) in [4.78, 5) is 23.8. The van der Waals surface area contributed by atoms with Gasteiger partial charge >= 0.3 is 5.97 Å². The fourth-order valence-electron chi connectivity index (χ4n) is 3.20. The number of carbonyl (C=O) groups is 2. The van der Waals surface area contributed by atoms with Gasteiger partial charge in [0, 0.05) is 29.3 Å². The van der Waals surface area contributed by atoms with Crippen molar-refractivity contribution in [1.82, 2.24) is 4.57 Å². The van der Waals surface area contributed by atoms with E-state index >= 15 is 0 Å². The van der Waals surface area contributed by atoms with Gasteiger partial charge in [-0.2, -0.15) is 0 Å². The Kier molecular flexibility index (Phi) is 5.04. The van der Waals surface area contributed by atoms with E-state index in [2.05, 4.69) is 22.9 Å². The first-order valence-electron chi connectivity index (χ1n) is 9.03. The minimum Gasteiger partial charge on any atom is -0.481 e. The number of carboxylic acid groups (broad SMARTS) is 1. The number of para-hydroxylation sites is 1. The molecule has 0 radical (unpaired) electrons. The first-order chi connectivity index (χ1) is 12.8. The highest BCUT2D eigenvalue weighted by atomic mass is 16.4. The number of rotatable bonds is 6. The van der Waals surface area contributed by atoms with Crippen LogP contribution in [0.4, 0.5) is 5.69 Å². The molecule has 0 bridgehead atoms. The molecule has 0 spiro atoms. The zero-order valence-corrected chi connectivity index (χ0v) is 15.8. The number of aliphatic carboxylic acids is 1. The largest absolute Gasteiger partial charge is 0.481 e. The predicted octanol–water partition coefficient (Wildman–Crippen LogP) is 4.20. The molecule has 0 aliphatic heterocycles. The SMILES string of the molecule is CCn1cc(CC(=O)Nc2ccc(C(C)(C)C(=O)O)cc2)c2ccccc21. The molecule has 1 amide bonds. The van der Waals surface area contributed by atoms with Crippen LogP contribution in [0.2, 0.25) is 0 Å². The molecule has 27 heavy (non-hydrogen) atoms. The molecule has 3 aromatic rings. The number of nitrogens with one attached hydrogen (secondary N) is 1. The standard InChI is InChI=1S/C22H24N2O3/c1-4-24-14-15(18-7-5-6-8-19(18)24)13-20(25)23-17-11-9-16(10-12-17)22(2,3)21(26)27/h5-12,14H,4,13H2,1-3H3,(H,23,25)(H,26,27). The number of carbonyl (C=O) groups excluding carboxylic acids is 1. The molecule has 0 aliphatic carbocycles. The van der Waals surface area contributed by atoms with Crippen LogP contribution in [0.25, 0.3) is 10.9 Å². The van der Waals surface area contributed by atoms with Gasteiger partial charge in [0.1, 0.15) is 0 Å². The van der Waals surface area contributed by atoms with E-state index in [4.69, 9.17) is 0 Å². The molecule has 5 nitrogen and oxygen atoms in total. The van der Waals surface area contributed by atoms with Crippen molar-refractivity contribution in [3.63, 3.8) is 0 Å². The molecule has 140 valence electrons. The zero-order valence-electron chi connectivity index (χ0n) is 15.8. The van der Waals surface area contributed by atoms with Crippen LogP contribution in [0.1, 0.15) is 31.9 Å². The lowest BCUT2D eigenvalue weighted by molar-refractivity contribution is -0.142. The quantitative estimate of drug-likeness (QED) is 0.688. The van der Waals surface area contributed by atoms with E-state index in [1.807, 2.05) is 24.4 Å². The van der Waals surface area contributed by atoms with E-state index in [0.717, 1.165) is 23.0 Å². The van der Waals surface area contributed by atoms with Gasteiger partial charge in [0.05, 0.1) is 11.8 Å². The highest BCUT2D eigenvalue weighted by molar-refractivity contribution is 5.96. The predicted molar refractivity (Wildman–Crippen MR) is 107 cm³/mol. The van der Waals surface area contributed by atoms with Crippen molar-refractivity contribution < 1.29 is 14.7 Å². The number of benzene rings is 2. The van der Waals surface area contributed by atoms with E-state index in [1.165, 1.54) is 0 Å². The number of aryl methyl sites for hydroxylation is 1. The summed E-state index contributed by atoms with van der Waals surface area (Å²) in [7, 11) is 0. The Labute approximate surface area is 158 Å². The summed E-state index contributed by atoms with van der Waals surface area (Å²) in [6.07, 6.45) is 2.32. The second kappa shape index (κ2) is 7.27. The van der Waals surface area contributed by atoms with Crippen molar-refractivity contribution in [3.05, 3.63) is 65.9 Å². The maximum Gasteiger partial charge on any atom is 0.313 e. The molecular weight excluding hydrogens is 340 g/mol. The average Bonchev–Trinajstić information content (AvgIpc) is 3.00. The van der Waals surface area contributed by atoms with E-state index < -0.39 is 11.4 Å². The molecular formula is C22H24N2O3. The molecule has 2 aromatic carbocycles. The van der Waals surface area contributed by atoms with Crippen LogP contribution in [0.3, 0.4) is 0 Å². The molecule has 1 heterocycles. The van der Waals surface area contributed by atoms with Gasteiger partial charge in [-0.25, -0.2) is 0 Å². The van der Waals surface area contributed by atoms with Gasteiger partial charge in [-0.05, 0) is 50.1 Å². The van der Waals surface area contributed by atoms with Crippen LogP contribution < -0.4 is 5.32 Å². The van der Waals surface area contributed by atoms with Crippen LogP contribution in [-0.2, 0) is 28.0 Å². The summed E-state index contributed by atoms with van der Waals surface area (Å²) in [5.74, 6) is -0.981. The molecule has 0 saturated carbocycles. The van der Waals surface area contributed by atoms with Gasteiger partial charge in [-0.3, -0.25) is 9.59 Å². The lowest BCUT2D eigenvalue weighted by Crippen LogP contribution is -2.28. The fraction of sp³-hybridized carbons (Fsp3) is 0.273. The minimum atomic E-state index is -0.968. The monoisotopic (exact) mass is 364 g/mol. The third-order valence-electron chi connectivity index (χ3n) is 4.99. The van der Waals surface area contributed by atoms with Crippen LogP contribution in [0, 0.1) is 0 Å². The maximum atomic E-state index is 12.5. The summed E-state index contributed by atoms with van der Waals surface area (Å²) < 4.78 is 2.14. The molecule has 0 atom stereocenters. The van der Waals surface area contributed by atoms with Crippen LogP contribution in [0.5, 0.6) is 0 Å². The van der Waals surface area contributed by atoms with Crippen molar-refractivity contribution in [2.75, 3.05) is 5.32 Å². The number of amides is 1. The van der Waals surface area contributed by atoms with Crippen molar-refractivity contribution >= 4 is 28.5 Å². The van der Waals surface area contributed by atoms with Gasteiger partial charge < -0.3 is 15.0 Å². The highest BCUT2D eigenvalue weighted by Crippen LogP contribution is 2.25. The Morgan fingerprint density at radius 3 is 2.37 bits per heavy atom. The number of hydrogen-bond acceptors (Lipinski definition) is 2.